The van der Waals surface area contributed by atoms with E-state index in [-0.39, 0.29) is 34.6 Å². The molecule has 0 fully saturated rings. The number of carbonyl (C=O) groups excluding carboxylic acids is 1. The maximum Gasteiger partial charge on any atom is 0.277 e. The first-order chi connectivity index (χ1) is 13.9. The van der Waals surface area contributed by atoms with Gasteiger partial charge in [-0.2, -0.15) is 0 Å². The molecule has 5 rings (SSSR count). The lowest BCUT2D eigenvalue weighted by molar-refractivity contribution is -0.385. The van der Waals surface area contributed by atoms with Gasteiger partial charge in [-0.3, -0.25) is 14.9 Å². The van der Waals surface area contributed by atoms with Crippen molar-refractivity contribution in [1.29, 1.82) is 0 Å². The molecule has 1 atom stereocenters. The number of hydrogen-bond donors (Lipinski definition) is 3. The highest BCUT2D eigenvalue weighted by atomic mass is 32.1. The average molecular weight is 413 g/mol. The van der Waals surface area contributed by atoms with Crippen LogP contribution in [-0.2, 0) is 4.79 Å². The van der Waals surface area contributed by atoms with E-state index in [1.165, 1.54) is 6.07 Å². The number of anilines is 2. The molecule has 0 saturated carbocycles. The number of aromatic amines is 1. The normalized spacial score (nSPS) is 19.4. The number of benzene rings is 1. The van der Waals surface area contributed by atoms with Crippen LogP contribution in [0.5, 0.6) is 11.5 Å². The van der Waals surface area contributed by atoms with E-state index < -0.39 is 10.8 Å². The van der Waals surface area contributed by atoms with Crippen molar-refractivity contribution < 1.29 is 19.2 Å². The van der Waals surface area contributed by atoms with Gasteiger partial charge in [0.25, 0.3) is 5.69 Å². The fourth-order valence-electron chi connectivity index (χ4n) is 4.15. The Hall–Kier alpha value is -3.47. The van der Waals surface area contributed by atoms with Gasteiger partial charge in [0.15, 0.2) is 22.1 Å². The summed E-state index contributed by atoms with van der Waals surface area (Å²) >= 11 is 5.13. The van der Waals surface area contributed by atoms with Crippen LogP contribution in [0, 0.1) is 14.9 Å². The van der Waals surface area contributed by atoms with Gasteiger partial charge in [0.05, 0.1) is 16.9 Å². The summed E-state index contributed by atoms with van der Waals surface area (Å²) < 4.78 is 10.9. The Labute approximate surface area is 168 Å². The quantitative estimate of drug-likeness (QED) is 0.384. The number of nitrogens with two attached hydrogens (primary N) is 1. The Balaban J connectivity index is 1.84. The van der Waals surface area contributed by atoms with Crippen LogP contribution >= 0.6 is 12.2 Å². The minimum absolute atomic E-state index is 0.0254. The molecule has 3 aliphatic rings. The summed E-state index contributed by atoms with van der Waals surface area (Å²) in [7, 11) is 0. The van der Waals surface area contributed by atoms with E-state index in [2.05, 4.69) is 15.3 Å². The van der Waals surface area contributed by atoms with Crippen LogP contribution in [0.25, 0.3) is 0 Å². The van der Waals surface area contributed by atoms with Gasteiger partial charge in [0, 0.05) is 28.8 Å². The Morgan fingerprint density at radius 2 is 2.03 bits per heavy atom. The monoisotopic (exact) mass is 413 g/mol. The number of nitrogen functional groups attached to an aromatic ring is 1. The highest BCUT2D eigenvalue weighted by Gasteiger charge is 2.41. The molecule has 0 bridgehead atoms. The van der Waals surface area contributed by atoms with E-state index in [0.29, 0.717) is 53.2 Å². The molecular weight excluding hydrogens is 398 g/mol. The van der Waals surface area contributed by atoms with Gasteiger partial charge in [0.1, 0.15) is 11.6 Å². The fourth-order valence-corrected chi connectivity index (χ4v) is 4.35. The predicted molar refractivity (Wildman–Crippen MR) is 104 cm³/mol. The zero-order valence-electron chi connectivity index (χ0n) is 15.0. The molecule has 4 N–H and O–H groups in total. The topological polar surface area (TPSA) is 145 Å². The molecule has 10 nitrogen and oxygen atoms in total. The Morgan fingerprint density at radius 3 is 2.79 bits per heavy atom. The summed E-state index contributed by atoms with van der Waals surface area (Å²) in [4.78, 5) is 31.4. The minimum atomic E-state index is -0.775. The average Bonchev–Trinajstić information content (AvgIpc) is 3.13. The number of ketones is 1. The number of fused-ring (bicyclic) bond motifs is 2. The predicted octanol–water partition coefficient (Wildman–Crippen LogP) is 2.92. The van der Waals surface area contributed by atoms with Crippen LogP contribution in [0.15, 0.2) is 23.4 Å². The third kappa shape index (κ3) is 2.65. The van der Waals surface area contributed by atoms with Crippen LogP contribution in [0.3, 0.4) is 0 Å². The first kappa shape index (κ1) is 17.6. The number of Topliss-reactive ketones (excluding diaryl/α,β-unsaturated/α-hetero) is 1. The van der Waals surface area contributed by atoms with E-state index in [4.69, 9.17) is 27.4 Å². The maximum absolute atomic E-state index is 12.9. The third-order valence-electron chi connectivity index (χ3n) is 5.33. The number of nitro benzene ring substituents is 1. The molecule has 1 unspecified atom stereocenters. The SMILES string of the molecule is Nc1[nH]c(=S)nc2c1C(c1cc3c(cc1[N+](=O)[O-])OCO3)C1=C(CCCC1=O)N2. The zero-order valence-corrected chi connectivity index (χ0v) is 15.8. The van der Waals surface area contributed by atoms with Crippen molar-refractivity contribution in [3.63, 3.8) is 0 Å². The van der Waals surface area contributed by atoms with Crippen molar-refractivity contribution in [1.82, 2.24) is 9.97 Å². The Kier molecular flexibility index (Phi) is 3.81. The molecule has 1 aliphatic carbocycles. The van der Waals surface area contributed by atoms with E-state index in [1.807, 2.05) is 0 Å². The Bertz CT molecular complexity index is 1190. The summed E-state index contributed by atoms with van der Waals surface area (Å²) in [5, 5.41) is 15.0. The lowest BCUT2D eigenvalue weighted by atomic mass is 9.75. The number of allylic oxidation sites excluding steroid dienone is 2. The van der Waals surface area contributed by atoms with Crippen molar-refractivity contribution in [3.8, 4) is 11.5 Å². The van der Waals surface area contributed by atoms with Crippen molar-refractivity contribution in [2.75, 3.05) is 17.8 Å². The number of H-pyrrole nitrogens is 1. The van der Waals surface area contributed by atoms with Gasteiger partial charge in [-0.05, 0) is 31.1 Å². The molecule has 11 heteroatoms. The second kappa shape index (κ2) is 6.27. The maximum atomic E-state index is 12.9. The van der Waals surface area contributed by atoms with E-state index in [9.17, 15) is 14.9 Å². The third-order valence-corrected chi connectivity index (χ3v) is 5.53. The summed E-state index contributed by atoms with van der Waals surface area (Å²) in [6, 6.07) is 2.87. The van der Waals surface area contributed by atoms with Gasteiger partial charge >= 0.3 is 0 Å². The van der Waals surface area contributed by atoms with Crippen LogP contribution in [-0.4, -0.2) is 27.5 Å². The highest BCUT2D eigenvalue weighted by molar-refractivity contribution is 7.71. The number of rotatable bonds is 2. The summed E-state index contributed by atoms with van der Waals surface area (Å²) in [6.45, 7) is -0.0254. The van der Waals surface area contributed by atoms with Crippen LogP contribution in [0.2, 0.25) is 0 Å². The molecule has 2 aliphatic heterocycles. The number of nitrogens with one attached hydrogen (secondary N) is 2. The second-order valence-electron chi connectivity index (χ2n) is 6.97. The molecular formula is C18H15N5O5S. The molecule has 0 spiro atoms. The van der Waals surface area contributed by atoms with Crippen LogP contribution < -0.4 is 20.5 Å². The molecule has 0 amide bonds. The molecule has 29 heavy (non-hydrogen) atoms. The van der Waals surface area contributed by atoms with Crippen molar-refractivity contribution in [2.45, 2.75) is 25.2 Å². The number of carbonyl (C=O) groups is 1. The summed E-state index contributed by atoms with van der Waals surface area (Å²) in [5.41, 5.74) is 7.94. The van der Waals surface area contributed by atoms with Gasteiger partial charge < -0.3 is 25.5 Å². The van der Waals surface area contributed by atoms with Gasteiger partial charge in [-0.15, -0.1) is 0 Å². The molecule has 148 valence electrons. The zero-order chi connectivity index (χ0) is 20.3. The van der Waals surface area contributed by atoms with Crippen molar-refractivity contribution in [2.24, 2.45) is 0 Å². The summed E-state index contributed by atoms with van der Waals surface area (Å²) in [6.07, 6.45) is 1.67. The minimum Gasteiger partial charge on any atom is -0.454 e. The van der Waals surface area contributed by atoms with E-state index in [0.717, 1.165) is 0 Å². The molecule has 0 radical (unpaired) electrons. The van der Waals surface area contributed by atoms with Crippen LogP contribution in [0.1, 0.15) is 36.3 Å². The molecule has 2 aromatic rings. The number of aromatic nitrogens is 2. The number of nitrogens with zero attached hydrogens (tertiary/aromatic N) is 2. The fraction of sp³-hybridized carbons (Fsp3) is 0.278. The number of hydrogen-bond acceptors (Lipinski definition) is 9. The number of nitro groups is 1. The first-order valence-electron chi connectivity index (χ1n) is 8.95. The summed E-state index contributed by atoms with van der Waals surface area (Å²) in [5.74, 6) is 0.418. The van der Waals surface area contributed by atoms with Crippen molar-refractivity contribution in [3.05, 3.63) is 49.4 Å². The smallest absolute Gasteiger partial charge is 0.277 e. The lowest BCUT2D eigenvalue weighted by Gasteiger charge is -2.33. The number of ether oxygens (including phenoxy) is 2. The van der Waals surface area contributed by atoms with Gasteiger partial charge in [-0.1, -0.05) is 0 Å². The largest absolute Gasteiger partial charge is 0.454 e. The Morgan fingerprint density at radius 1 is 1.28 bits per heavy atom. The van der Waals surface area contributed by atoms with E-state index >= 15 is 0 Å². The van der Waals surface area contributed by atoms with Crippen LogP contribution in [0.4, 0.5) is 17.3 Å². The molecule has 1 aromatic heterocycles. The first-order valence-corrected chi connectivity index (χ1v) is 9.35. The van der Waals surface area contributed by atoms with E-state index in [1.54, 1.807) is 6.07 Å². The highest BCUT2D eigenvalue weighted by Crippen LogP contribution is 2.51. The van der Waals surface area contributed by atoms with Gasteiger partial charge in [-0.25, -0.2) is 4.98 Å². The standard InChI is InChI=1S/C18H15N5O5S/c19-16-15-13(7-4-11-12(28-6-27-11)5-9(7)23(25)26)14-8(2-1-3-10(14)24)20-17(15)22-18(29)21-16/h4-5,13H,1-3,6H2,(H4,19,20,21,22,29). The molecule has 0 saturated heterocycles. The van der Waals surface area contributed by atoms with Gasteiger partial charge in [0.2, 0.25) is 6.79 Å². The molecule has 1 aromatic carbocycles. The van der Waals surface area contributed by atoms with Crippen molar-refractivity contribution >= 4 is 35.3 Å². The second-order valence-corrected chi connectivity index (χ2v) is 7.35. The lowest BCUT2D eigenvalue weighted by Crippen LogP contribution is -2.29. The molecule has 3 heterocycles.